The lowest BCUT2D eigenvalue weighted by atomic mass is 10.1. The fraction of sp³-hybridized carbons (Fsp3) is 0.118. The third kappa shape index (κ3) is 2.41. The minimum Gasteiger partial charge on any atom is -0.438 e. The predicted octanol–water partition coefficient (Wildman–Crippen LogP) is 5.41. The third-order valence-corrected chi connectivity index (χ3v) is 4.51. The summed E-state index contributed by atoms with van der Waals surface area (Å²) in [5.41, 5.74) is 2.31. The van der Waals surface area contributed by atoms with Crippen molar-refractivity contribution in [3.05, 3.63) is 64.3 Å². The smallest absolute Gasteiger partial charge is 0.227 e. The van der Waals surface area contributed by atoms with Gasteiger partial charge in [0.2, 0.25) is 5.88 Å². The van der Waals surface area contributed by atoms with Gasteiger partial charge in [0.1, 0.15) is 5.75 Å². The lowest BCUT2D eigenvalue weighted by Gasteiger charge is -2.10. The van der Waals surface area contributed by atoms with Gasteiger partial charge in [-0.1, -0.05) is 34.1 Å². The molecule has 3 heteroatoms. The van der Waals surface area contributed by atoms with Crippen LogP contribution in [0, 0.1) is 13.8 Å². The van der Waals surface area contributed by atoms with Gasteiger partial charge < -0.3 is 4.74 Å². The van der Waals surface area contributed by atoms with Gasteiger partial charge in [0, 0.05) is 16.1 Å². The molecular weight excluding hydrogens is 314 g/mol. The van der Waals surface area contributed by atoms with E-state index in [1.807, 2.05) is 36.4 Å². The van der Waals surface area contributed by atoms with E-state index in [0.29, 0.717) is 5.88 Å². The highest BCUT2D eigenvalue weighted by molar-refractivity contribution is 9.10. The van der Waals surface area contributed by atoms with Gasteiger partial charge in [-0.15, -0.1) is 0 Å². The molecule has 0 amide bonds. The van der Waals surface area contributed by atoms with Crippen molar-refractivity contribution in [2.75, 3.05) is 0 Å². The largest absolute Gasteiger partial charge is 0.438 e. The highest BCUT2D eigenvalue weighted by Gasteiger charge is 2.07. The number of halogens is 1. The van der Waals surface area contributed by atoms with Crippen molar-refractivity contribution in [1.82, 2.24) is 4.98 Å². The Bertz CT molecular complexity index is 755. The summed E-state index contributed by atoms with van der Waals surface area (Å²) in [6.07, 6.45) is 1.77. The van der Waals surface area contributed by atoms with E-state index in [1.165, 1.54) is 0 Å². The van der Waals surface area contributed by atoms with Gasteiger partial charge in [-0.3, -0.25) is 0 Å². The average Bonchev–Trinajstić information content (AvgIpc) is 2.45. The summed E-state index contributed by atoms with van der Waals surface area (Å²) in [5.74, 6) is 1.45. The van der Waals surface area contributed by atoms with E-state index in [0.717, 1.165) is 32.1 Å². The highest BCUT2D eigenvalue weighted by Crippen LogP contribution is 2.31. The highest BCUT2D eigenvalue weighted by atomic mass is 79.9. The molecule has 0 atom stereocenters. The number of pyridine rings is 1. The van der Waals surface area contributed by atoms with E-state index in [9.17, 15) is 0 Å². The zero-order chi connectivity index (χ0) is 14.1. The van der Waals surface area contributed by atoms with E-state index >= 15 is 0 Å². The van der Waals surface area contributed by atoms with E-state index in [2.05, 4.69) is 40.8 Å². The number of aromatic nitrogens is 1. The van der Waals surface area contributed by atoms with E-state index in [1.54, 1.807) is 6.20 Å². The minimum absolute atomic E-state index is 0.643. The molecule has 2 nitrogen and oxygen atoms in total. The number of aryl methyl sites for hydroxylation is 2. The summed E-state index contributed by atoms with van der Waals surface area (Å²) in [6.45, 7) is 4.11. The molecule has 0 N–H and O–H groups in total. The van der Waals surface area contributed by atoms with Crippen molar-refractivity contribution < 1.29 is 4.74 Å². The zero-order valence-electron chi connectivity index (χ0n) is 11.4. The topological polar surface area (TPSA) is 22.1 Å². The van der Waals surface area contributed by atoms with Crippen molar-refractivity contribution in [3.8, 4) is 11.6 Å². The van der Waals surface area contributed by atoms with Gasteiger partial charge in [-0.25, -0.2) is 4.98 Å². The standard InChI is InChI=1S/C17H14BrNO/c1-11-9-14(10-12(2)16(11)18)20-17-15-6-4-3-5-13(15)7-8-19-17/h3-10H,1-2H3. The lowest BCUT2D eigenvalue weighted by Crippen LogP contribution is -1.91. The Balaban J connectivity index is 2.06. The molecule has 0 aliphatic heterocycles. The molecule has 0 unspecified atom stereocenters. The summed E-state index contributed by atoms with van der Waals surface area (Å²) >= 11 is 3.57. The maximum Gasteiger partial charge on any atom is 0.227 e. The van der Waals surface area contributed by atoms with Crippen LogP contribution in [-0.2, 0) is 0 Å². The van der Waals surface area contributed by atoms with Gasteiger partial charge in [-0.05, 0) is 54.6 Å². The van der Waals surface area contributed by atoms with Crippen LogP contribution >= 0.6 is 15.9 Å². The summed E-state index contributed by atoms with van der Waals surface area (Å²) < 4.78 is 7.10. The van der Waals surface area contributed by atoms with Crippen LogP contribution in [0.2, 0.25) is 0 Å². The first-order chi connectivity index (χ1) is 9.65. The molecule has 1 heterocycles. The Labute approximate surface area is 126 Å². The van der Waals surface area contributed by atoms with Crippen molar-refractivity contribution in [1.29, 1.82) is 0 Å². The quantitative estimate of drug-likeness (QED) is 0.628. The Hall–Kier alpha value is -1.87. The Morgan fingerprint density at radius 2 is 1.70 bits per heavy atom. The van der Waals surface area contributed by atoms with Crippen LogP contribution < -0.4 is 4.74 Å². The van der Waals surface area contributed by atoms with Crippen molar-refractivity contribution in [2.24, 2.45) is 0 Å². The zero-order valence-corrected chi connectivity index (χ0v) is 12.9. The van der Waals surface area contributed by atoms with E-state index < -0.39 is 0 Å². The number of ether oxygens (including phenoxy) is 1. The molecule has 2 aromatic carbocycles. The number of rotatable bonds is 2. The number of fused-ring (bicyclic) bond motifs is 1. The molecule has 3 rings (SSSR count). The Morgan fingerprint density at radius 1 is 1.00 bits per heavy atom. The summed E-state index contributed by atoms with van der Waals surface area (Å²) in [4.78, 5) is 4.35. The maximum absolute atomic E-state index is 5.98. The second-order valence-corrected chi connectivity index (χ2v) is 5.60. The van der Waals surface area contributed by atoms with Gasteiger partial charge >= 0.3 is 0 Å². The first-order valence-electron chi connectivity index (χ1n) is 6.43. The first kappa shape index (κ1) is 13.1. The number of benzene rings is 2. The molecule has 0 fully saturated rings. The number of hydrogen-bond acceptors (Lipinski definition) is 2. The van der Waals surface area contributed by atoms with Crippen LogP contribution in [0.1, 0.15) is 11.1 Å². The fourth-order valence-corrected chi connectivity index (χ4v) is 2.48. The molecular formula is C17H14BrNO. The van der Waals surface area contributed by atoms with Gasteiger partial charge in [0.25, 0.3) is 0 Å². The molecule has 0 saturated heterocycles. The summed E-state index contributed by atoms with van der Waals surface area (Å²) in [5, 5.41) is 2.15. The van der Waals surface area contributed by atoms with Crippen molar-refractivity contribution in [2.45, 2.75) is 13.8 Å². The van der Waals surface area contributed by atoms with Crippen LogP contribution in [0.3, 0.4) is 0 Å². The predicted molar refractivity (Wildman–Crippen MR) is 85.4 cm³/mol. The fourth-order valence-electron chi connectivity index (χ4n) is 2.25. The summed E-state index contributed by atoms with van der Waals surface area (Å²) in [7, 11) is 0. The molecule has 20 heavy (non-hydrogen) atoms. The minimum atomic E-state index is 0.643. The van der Waals surface area contributed by atoms with Crippen LogP contribution in [0.15, 0.2) is 53.1 Å². The first-order valence-corrected chi connectivity index (χ1v) is 7.23. The molecule has 0 saturated carbocycles. The second kappa shape index (κ2) is 5.25. The third-order valence-electron chi connectivity index (χ3n) is 3.26. The number of nitrogens with zero attached hydrogens (tertiary/aromatic N) is 1. The van der Waals surface area contributed by atoms with Crippen molar-refractivity contribution in [3.63, 3.8) is 0 Å². The van der Waals surface area contributed by atoms with Gasteiger partial charge in [-0.2, -0.15) is 0 Å². The molecule has 0 bridgehead atoms. The van der Waals surface area contributed by atoms with Crippen LogP contribution in [0.5, 0.6) is 11.6 Å². The lowest BCUT2D eigenvalue weighted by molar-refractivity contribution is 0.468. The van der Waals surface area contributed by atoms with E-state index in [-0.39, 0.29) is 0 Å². The average molecular weight is 328 g/mol. The maximum atomic E-state index is 5.98. The molecule has 100 valence electrons. The monoisotopic (exact) mass is 327 g/mol. The SMILES string of the molecule is Cc1cc(Oc2nccc3ccccc23)cc(C)c1Br. The second-order valence-electron chi connectivity index (χ2n) is 4.81. The summed E-state index contributed by atoms with van der Waals surface area (Å²) in [6, 6.07) is 14.1. The van der Waals surface area contributed by atoms with E-state index in [4.69, 9.17) is 4.74 Å². The molecule has 0 radical (unpaired) electrons. The molecule has 0 aliphatic carbocycles. The normalized spacial score (nSPS) is 10.8. The molecule has 1 aromatic heterocycles. The van der Waals surface area contributed by atoms with Crippen LogP contribution in [0.4, 0.5) is 0 Å². The van der Waals surface area contributed by atoms with Gasteiger partial charge in [0.05, 0.1) is 0 Å². The molecule has 3 aromatic rings. The Morgan fingerprint density at radius 3 is 2.45 bits per heavy atom. The van der Waals surface area contributed by atoms with Gasteiger partial charge in [0.15, 0.2) is 0 Å². The Kier molecular flexibility index (Phi) is 3.45. The number of hydrogen-bond donors (Lipinski definition) is 0. The molecule has 0 aliphatic rings. The van der Waals surface area contributed by atoms with Crippen molar-refractivity contribution >= 4 is 26.7 Å². The van der Waals surface area contributed by atoms with Crippen LogP contribution in [-0.4, -0.2) is 4.98 Å². The molecule has 0 spiro atoms. The van der Waals surface area contributed by atoms with Crippen LogP contribution in [0.25, 0.3) is 10.8 Å².